The molecule has 0 aliphatic carbocycles. The highest BCUT2D eigenvalue weighted by molar-refractivity contribution is 7.99. The van der Waals surface area contributed by atoms with Gasteiger partial charge in [-0.15, -0.1) is 5.10 Å². The summed E-state index contributed by atoms with van der Waals surface area (Å²) in [4.78, 5) is 16.5. The lowest BCUT2D eigenvalue weighted by Gasteiger charge is -2.32. The van der Waals surface area contributed by atoms with Gasteiger partial charge in [0.1, 0.15) is 11.4 Å². The van der Waals surface area contributed by atoms with Crippen molar-refractivity contribution < 1.29 is 9.53 Å². The quantitative estimate of drug-likeness (QED) is 0.566. The number of carbonyl (C=O) groups excluding carboxylic acids is 1. The van der Waals surface area contributed by atoms with Gasteiger partial charge in [0, 0.05) is 11.3 Å². The first-order chi connectivity index (χ1) is 9.76. The van der Waals surface area contributed by atoms with E-state index < -0.39 is 5.54 Å². The van der Waals surface area contributed by atoms with Gasteiger partial charge >= 0.3 is 5.97 Å². The summed E-state index contributed by atoms with van der Waals surface area (Å²) in [6.45, 7) is 12.1. The molecular formula is C14H26N4O2S. The molecule has 7 heteroatoms. The summed E-state index contributed by atoms with van der Waals surface area (Å²) in [7, 11) is 0. The van der Waals surface area contributed by atoms with Crippen molar-refractivity contribution >= 4 is 17.7 Å². The second-order valence-electron chi connectivity index (χ2n) is 5.69. The number of nitrogens with one attached hydrogen (secondary N) is 2. The molecular weight excluding hydrogens is 288 g/mol. The molecule has 0 amide bonds. The minimum atomic E-state index is -0.706. The van der Waals surface area contributed by atoms with Crippen molar-refractivity contribution in [3.05, 3.63) is 5.82 Å². The minimum absolute atomic E-state index is 0.181. The molecule has 0 aromatic carbocycles. The maximum atomic E-state index is 12.3. The van der Waals surface area contributed by atoms with E-state index in [4.69, 9.17) is 4.74 Å². The predicted octanol–water partition coefficient (Wildman–Crippen LogP) is 2.30. The average Bonchev–Trinajstić information content (AvgIpc) is 2.73. The van der Waals surface area contributed by atoms with Gasteiger partial charge in [0.2, 0.25) is 5.16 Å². The summed E-state index contributed by atoms with van der Waals surface area (Å²) >= 11 is 1.55. The largest absolute Gasteiger partial charge is 0.465 e. The Morgan fingerprint density at radius 3 is 2.62 bits per heavy atom. The number of esters is 1. The van der Waals surface area contributed by atoms with E-state index in [-0.39, 0.29) is 17.3 Å². The van der Waals surface area contributed by atoms with Crippen LogP contribution >= 0.6 is 11.8 Å². The predicted molar refractivity (Wildman–Crippen MR) is 84.4 cm³/mol. The Morgan fingerprint density at radius 2 is 2.14 bits per heavy atom. The number of aromatic nitrogens is 3. The molecule has 0 bridgehead atoms. The van der Waals surface area contributed by atoms with Crippen molar-refractivity contribution in [2.75, 3.05) is 6.61 Å². The van der Waals surface area contributed by atoms with Crippen LogP contribution in [0.5, 0.6) is 0 Å². The lowest BCUT2D eigenvalue weighted by molar-refractivity contribution is -0.151. The number of aryl methyl sites for hydroxylation is 1. The van der Waals surface area contributed by atoms with Crippen molar-refractivity contribution in [2.45, 2.75) is 70.0 Å². The van der Waals surface area contributed by atoms with Crippen LogP contribution in [0.1, 0.15) is 46.9 Å². The van der Waals surface area contributed by atoms with Crippen molar-refractivity contribution in [1.29, 1.82) is 0 Å². The third-order valence-corrected chi connectivity index (χ3v) is 3.87. The Balaban J connectivity index is 2.72. The van der Waals surface area contributed by atoms with Gasteiger partial charge in [-0.05, 0) is 41.0 Å². The van der Waals surface area contributed by atoms with Crippen LogP contribution in [0.15, 0.2) is 5.16 Å². The summed E-state index contributed by atoms with van der Waals surface area (Å²) < 4.78 is 5.22. The molecule has 1 rings (SSSR count). The summed E-state index contributed by atoms with van der Waals surface area (Å²) in [5.41, 5.74) is -0.706. The number of ether oxygens (including phenoxy) is 1. The number of hydrogen-bond acceptors (Lipinski definition) is 6. The second kappa shape index (κ2) is 7.79. The van der Waals surface area contributed by atoms with Crippen LogP contribution < -0.4 is 5.32 Å². The van der Waals surface area contributed by atoms with Gasteiger partial charge in [-0.2, -0.15) is 0 Å². The summed E-state index contributed by atoms with van der Waals surface area (Å²) in [6.07, 6.45) is 0.641. The number of nitrogens with zero attached hydrogens (tertiary/aromatic N) is 2. The SMILES string of the molecule is CCOC(=O)C(C)(CC(C)Sc1n[nH]c(C)n1)NC(C)C. The molecule has 1 heterocycles. The standard InChI is InChI=1S/C14H26N4O2S/c1-7-20-12(19)14(6,16-9(2)3)8-10(4)21-13-15-11(5)17-18-13/h9-10,16H,7-8H2,1-6H3,(H,15,17,18). The van der Waals surface area contributed by atoms with Crippen LogP contribution in [0, 0.1) is 6.92 Å². The van der Waals surface area contributed by atoms with Crippen LogP contribution in [-0.4, -0.2) is 44.6 Å². The molecule has 120 valence electrons. The highest BCUT2D eigenvalue weighted by Crippen LogP contribution is 2.27. The zero-order valence-corrected chi connectivity index (χ0v) is 14.5. The molecule has 21 heavy (non-hydrogen) atoms. The van der Waals surface area contributed by atoms with E-state index in [1.54, 1.807) is 11.8 Å². The smallest absolute Gasteiger partial charge is 0.326 e. The third kappa shape index (κ3) is 5.67. The molecule has 1 aromatic heterocycles. The zero-order chi connectivity index (χ0) is 16.0. The van der Waals surface area contributed by atoms with E-state index in [1.807, 2.05) is 34.6 Å². The van der Waals surface area contributed by atoms with Crippen molar-refractivity contribution in [3.63, 3.8) is 0 Å². The third-order valence-electron chi connectivity index (χ3n) is 2.91. The summed E-state index contributed by atoms with van der Waals surface area (Å²) in [5.74, 6) is 0.579. The Labute approximate surface area is 130 Å². The molecule has 0 spiro atoms. The molecule has 0 fully saturated rings. The first-order valence-electron chi connectivity index (χ1n) is 7.27. The van der Waals surface area contributed by atoms with E-state index in [0.717, 1.165) is 5.82 Å². The highest BCUT2D eigenvalue weighted by atomic mass is 32.2. The number of carbonyl (C=O) groups is 1. The maximum absolute atomic E-state index is 12.3. The van der Waals surface area contributed by atoms with Crippen molar-refractivity contribution in [3.8, 4) is 0 Å². The van der Waals surface area contributed by atoms with Crippen LogP contribution in [0.3, 0.4) is 0 Å². The fraction of sp³-hybridized carbons (Fsp3) is 0.786. The maximum Gasteiger partial charge on any atom is 0.326 e. The van der Waals surface area contributed by atoms with Crippen LogP contribution in [-0.2, 0) is 9.53 Å². The Morgan fingerprint density at radius 1 is 1.48 bits per heavy atom. The van der Waals surface area contributed by atoms with Gasteiger partial charge < -0.3 is 4.74 Å². The van der Waals surface area contributed by atoms with Gasteiger partial charge in [0.05, 0.1) is 6.61 Å². The number of H-pyrrole nitrogens is 1. The fourth-order valence-electron chi connectivity index (χ4n) is 2.30. The Bertz CT molecular complexity index is 464. The molecule has 0 aliphatic rings. The molecule has 0 saturated heterocycles. The Kier molecular flexibility index (Phi) is 6.67. The zero-order valence-electron chi connectivity index (χ0n) is 13.7. The monoisotopic (exact) mass is 314 g/mol. The van der Waals surface area contributed by atoms with E-state index in [0.29, 0.717) is 18.2 Å². The number of rotatable bonds is 8. The van der Waals surface area contributed by atoms with E-state index in [1.165, 1.54) is 0 Å². The van der Waals surface area contributed by atoms with Gasteiger partial charge in [0.15, 0.2) is 0 Å². The topological polar surface area (TPSA) is 79.9 Å². The van der Waals surface area contributed by atoms with E-state index in [9.17, 15) is 4.79 Å². The number of hydrogen-bond donors (Lipinski definition) is 2. The van der Waals surface area contributed by atoms with Crippen molar-refractivity contribution in [2.24, 2.45) is 0 Å². The molecule has 6 nitrogen and oxygen atoms in total. The van der Waals surface area contributed by atoms with E-state index in [2.05, 4.69) is 27.4 Å². The lowest BCUT2D eigenvalue weighted by Crippen LogP contribution is -2.54. The van der Waals surface area contributed by atoms with Gasteiger partial charge in [-0.3, -0.25) is 15.2 Å². The fourth-order valence-corrected chi connectivity index (χ4v) is 3.36. The molecule has 0 aliphatic heterocycles. The number of aromatic amines is 1. The second-order valence-corrected chi connectivity index (χ2v) is 7.09. The van der Waals surface area contributed by atoms with Gasteiger partial charge in [-0.1, -0.05) is 18.7 Å². The van der Waals surface area contributed by atoms with Crippen LogP contribution in [0.4, 0.5) is 0 Å². The van der Waals surface area contributed by atoms with Gasteiger partial charge in [0.25, 0.3) is 0 Å². The number of thioether (sulfide) groups is 1. The van der Waals surface area contributed by atoms with Gasteiger partial charge in [-0.25, -0.2) is 4.98 Å². The van der Waals surface area contributed by atoms with Crippen LogP contribution in [0.25, 0.3) is 0 Å². The molecule has 2 atom stereocenters. The lowest BCUT2D eigenvalue weighted by atomic mass is 9.95. The molecule has 0 radical (unpaired) electrons. The molecule has 1 aromatic rings. The van der Waals surface area contributed by atoms with E-state index >= 15 is 0 Å². The first-order valence-corrected chi connectivity index (χ1v) is 8.15. The summed E-state index contributed by atoms with van der Waals surface area (Å²) in [6, 6.07) is 0.197. The highest BCUT2D eigenvalue weighted by Gasteiger charge is 2.37. The summed E-state index contributed by atoms with van der Waals surface area (Å²) in [5, 5.41) is 11.2. The Hall–Kier alpha value is -1.08. The van der Waals surface area contributed by atoms with Crippen LogP contribution in [0.2, 0.25) is 0 Å². The normalized spacial score (nSPS) is 15.8. The first kappa shape index (κ1) is 18.0. The minimum Gasteiger partial charge on any atom is -0.465 e. The average molecular weight is 314 g/mol. The molecule has 2 N–H and O–H groups in total. The van der Waals surface area contributed by atoms with Crippen molar-refractivity contribution in [1.82, 2.24) is 20.5 Å². The molecule has 2 unspecified atom stereocenters. The molecule has 0 saturated carbocycles.